The predicted molar refractivity (Wildman–Crippen MR) is 101 cm³/mol. The summed E-state index contributed by atoms with van der Waals surface area (Å²) in [4.78, 5) is 16.1. The summed E-state index contributed by atoms with van der Waals surface area (Å²) in [5.41, 5.74) is 0.647. The predicted octanol–water partition coefficient (Wildman–Crippen LogP) is 1.49. The number of nitrogens with one attached hydrogen (secondary N) is 1. The first-order valence-corrected chi connectivity index (χ1v) is 9.48. The van der Waals surface area contributed by atoms with Crippen molar-refractivity contribution in [1.29, 1.82) is 0 Å². The van der Waals surface area contributed by atoms with Gasteiger partial charge in [-0.15, -0.1) is 0 Å². The number of carbonyl (C=O) groups excluding carboxylic acids is 1. The zero-order chi connectivity index (χ0) is 18.6. The highest BCUT2D eigenvalue weighted by Crippen LogP contribution is 2.32. The molecule has 0 radical (unpaired) electrons. The van der Waals surface area contributed by atoms with Crippen molar-refractivity contribution in [3.05, 3.63) is 53.1 Å². The van der Waals surface area contributed by atoms with E-state index < -0.39 is 0 Å². The van der Waals surface area contributed by atoms with E-state index in [0.29, 0.717) is 28.7 Å². The second-order valence-corrected chi connectivity index (χ2v) is 7.10. The number of nitrogens with zero attached hydrogens (tertiary/aromatic N) is 1. The van der Waals surface area contributed by atoms with E-state index in [4.69, 9.17) is 25.8 Å². The van der Waals surface area contributed by atoms with Gasteiger partial charge in [0.15, 0.2) is 11.5 Å². The smallest absolute Gasteiger partial charge is 0.254 e. The molecule has 7 heteroatoms. The van der Waals surface area contributed by atoms with Crippen LogP contribution < -0.4 is 19.1 Å². The first-order chi connectivity index (χ1) is 13.2. The van der Waals surface area contributed by atoms with Gasteiger partial charge in [0.1, 0.15) is 18.9 Å². The summed E-state index contributed by atoms with van der Waals surface area (Å²) in [6, 6.07) is 12.8. The third kappa shape index (κ3) is 4.28. The Hall–Kier alpha value is -2.44. The van der Waals surface area contributed by atoms with Crippen molar-refractivity contribution >= 4 is 17.5 Å². The number of piperazine rings is 1. The van der Waals surface area contributed by atoms with Crippen LogP contribution >= 0.6 is 11.6 Å². The molecule has 1 fully saturated rings. The molecule has 2 aromatic rings. The van der Waals surface area contributed by atoms with Crippen molar-refractivity contribution in [2.24, 2.45) is 0 Å². The number of ether oxygens (including phenoxy) is 3. The third-order valence-electron chi connectivity index (χ3n) is 4.92. The van der Waals surface area contributed by atoms with Gasteiger partial charge in [0, 0.05) is 10.6 Å². The summed E-state index contributed by atoms with van der Waals surface area (Å²) in [5.74, 6) is 2.21. The van der Waals surface area contributed by atoms with E-state index in [1.165, 1.54) is 4.90 Å². The minimum Gasteiger partial charge on any atom is -0.488 e. The largest absolute Gasteiger partial charge is 0.488 e. The molecular weight excluding hydrogens is 368 g/mol. The van der Waals surface area contributed by atoms with E-state index >= 15 is 0 Å². The average molecular weight is 390 g/mol. The molecule has 0 atom stereocenters. The quantitative estimate of drug-likeness (QED) is 0.841. The summed E-state index contributed by atoms with van der Waals surface area (Å²) in [5, 5.41) is 0.705. The summed E-state index contributed by atoms with van der Waals surface area (Å²) in [7, 11) is 0. The Labute approximate surface area is 163 Å². The first kappa shape index (κ1) is 17.9. The number of carbonyl (C=O) groups is 1. The normalized spacial score (nSPS) is 16.4. The number of hydrogen-bond acceptors (Lipinski definition) is 4. The van der Waals surface area contributed by atoms with Crippen LogP contribution in [0.4, 0.5) is 0 Å². The van der Waals surface area contributed by atoms with E-state index in [1.807, 2.05) is 29.2 Å². The lowest BCUT2D eigenvalue weighted by atomic mass is 10.1. The SMILES string of the molecule is O=C(c1ccc2c(c1)OCO2)N1CC[NH+](CCOc2ccc(Cl)cc2)CC1. The Morgan fingerprint density at radius 2 is 1.81 bits per heavy atom. The van der Waals surface area contributed by atoms with Crippen LogP contribution in [-0.2, 0) is 0 Å². The van der Waals surface area contributed by atoms with Gasteiger partial charge < -0.3 is 24.0 Å². The van der Waals surface area contributed by atoms with Gasteiger partial charge in [-0.2, -0.15) is 0 Å². The highest BCUT2D eigenvalue weighted by molar-refractivity contribution is 6.30. The molecule has 2 heterocycles. The van der Waals surface area contributed by atoms with Crippen LogP contribution in [0.5, 0.6) is 17.2 Å². The molecule has 2 aliphatic rings. The molecule has 0 spiro atoms. The lowest BCUT2D eigenvalue weighted by Crippen LogP contribution is -3.15. The van der Waals surface area contributed by atoms with Crippen molar-refractivity contribution in [1.82, 2.24) is 4.90 Å². The van der Waals surface area contributed by atoms with Crippen molar-refractivity contribution in [3.63, 3.8) is 0 Å². The Kier molecular flexibility index (Phi) is 5.36. The van der Waals surface area contributed by atoms with Crippen LogP contribution in [0, 0.1) is 0 Å². The molecule has 2 aliphatic heterocycles. The molecule has 0 bridgehead atoms. The highest BCUT2D eigenvalue weighted by atomic mass is 35.5. The van der Waals surface area contributed by atoms with Gasteiger partial charge in [-0.05, 0) is 42.5 Å². The standard InChI is InChI=1S/C20H21ClN2O4/c21-16-2-4-17(5-3-16)25-12-11-22-7-9-23(10-8-22)20(24)15-1-6-18-19(13-15)27-14-26-18/h1-6,13H,7-12,14H2/p+1. The number of quaternary nitrogens is 1. The van der Waals surface area contributed by atoms with Crippen LogP contribution in [0.3, 0.4) is 0 Å². The summed E-state index contributed by atoms with van der Waals surface area (Å²) in [6.07, 6.45) is 0. The maximum atomic E-state index is 12.7. The van der Waals surface area contributed by atoms with Crippen LogP contribution in [-0.4, -0.2) is 56.9 Å². The van der Waals surface area contributed by atoms with E-state index in [9.17, 15) is 4.79 Å². The Bertz CT molecular complexity index is 804. The van der Waals surface area contributed by atoms with Gasteiger partial charge in [0.2, 0.25) is 6.79 Å². The molecular formula is C20H22ClN2O4+. The summed E-state index contributed by atoms with van der Waals surface area (Å²) in [6.45, 7) is 5.09. The maximum absolute atomic E-state index is 12.7. The molecule has 1 N–H and O–H groups in total. The van der Waals surface area contributed by atoms with Crippen LogP contribution in [0.1, 0.15) is 10.4 Å². The molecule has 0 aliphatic carbocycles. The maximum Gasteiger partial charge on any atom is 0.254 e. The second-order valence-electron chi connectivity index (χ2n) is 6.66. The fraction of sp³-hybridized carbons (Fsp3) is 0.350. The summed E-state index contributed by atoms with van der Waals surface area (Å²) < 4.78 is 16.4. The van der Waals surface area contributed by atoms with Gasteiger partial charge >= 0.3 is 0 Å². The zero-order valence-electron chi connectivity index (χ0n) is 14.9. The van der Waals surface area contributed by atoms with E-state index in [2.05, 4.69) is 0 Å². The fourth-order valence-corrected chi connectivity index (χ4v) is 3.46. The minimum atomic E-state index is 0.0461. The molecule has 0 saturated carbocycles. The van der Waals surface area contributed by atoms with Gasteiger partial charge in [-0.3, -0.25) is 4.79 Å². The van der Waals surface area contributed by atoms with E-state index in [-0.39, 0.29) is 12.7 Å². The fourth-order valence-electron chi connectivity index (χ4n) is 3.33. The molecule has 2 aromatic carbocycles. The minimum absolute atomic E-state index is 0.0461. The molecule has 142 valence electrons. The summed E-state index contributed by atoms with van der Waals surface area (Å²) >= 11 is 5.87. The Balaban J connectivity index is 1.23. The molecule has 1 amide bonds. The monoisotopic (exact) mass is 389 g/mol. The molecule has 27 heavy (non-hydrogen) atoms. The van der Waals surface area contributed by atoms with Crippen LogP contribution in [0.15, 0.2) is 42.5 Å². The topological polar surface area (TPSA) is 52.4 Å². The Morgan fingerprint density at radius 3 is 2.59 bits per heavy atom. The lowest BCUT2D eigenvalue weighted by Gasteiger charge is -2.32. The van der Waals surface area contributed by atoms with Crippen LogP contribution in [0.2, 0.25) is 5.02 Å². The molecule has 0 unspecified atom stereocenters. The third-order valence-corrected chi connectivity index (χ3v) is 5.17. The molecule has 4 rings (SSSR count). The van der Waals surface area contributed by atoms with Gasteiger partial charge in [0.05, 0.1) is 26.2 Å². The van der Waals surface area contributed by atoms with Gasteiger partial charge in [-0.25, -0.2) is 0 Å². The number of halogens is 1. The zero-order valence-corrected chi connectivity index (χ0v) is 15.7. The van der Waals surface area contributed by atoms with Crippen molar-refractivity contribution in [2.75, 3.05) is 46.1 Å². The van der Waals surface area contributed by atoms with E-state index in [0.717, 1.165) is 38.5 Å². The van der Waals surface area contributed by atoms with Crippen molar-refractivity contribution in [2.45, 2.75) is 0 Å². The van der Waals surface area contributed by atoms with Crippen molar-refractivity contribution < 1.29 is 23.9 Å². The molecule has 0 aromatic heterocycles. The number of hydrogen-bond donors (Lipinski definition) is 1. The number of amides is 1. The second kappa shape index (κ2) is 8.06. The van der Waals surface area contributed by atoms with Gasteiger partial charge in [0.25, 0.3) is 5.91 Å². The molecule has 6 nitrogen and oxygen atoms in total. The van der Waals surface area contributed by atoms with E-state index in [1.54, 1.807) is 18.2 Å². The van der Waals surface area contributed by atoms with Gasteiger partial charge in [-0.1, -0.05) is 11.6 Å². The number of fused-ring (bicyclic) bond motifs is 1. The van der Waals surface area contributed by atoms with Crippen LogP contribution in [0.25, 0.3) is 0 Å². The highest BCUT2D eigenvalue weighted by Gasteiger charge is 2.25. The molecule has 1 saturated heterocycles. The average Bonchev–Trinajstić information content (AvgIpc) is 3.17. The lowest BCUT2D eigenvalue weighted by molar-refractivity contribution is -0.903. The number of benzene rings is 2. The first-order valence-electron chi connectivity index (χ1n) is 9.10. The Morgan fingerprint density at radius 1 is 1.07 bits per heavy atom. The van der Waals surface area contributed by atoms with Crippen molar-refractivity contribution in [3.8, 4) is 17.2 Å². The number of rotatable bonds is 5.